The highest BCUT2D eigenvalue weighted by Crippen LogP contribution is 2.45. The molecule has 2 aromatic rings. The van der Waals surface area contributed by atoms with Crippen LogP contribution in [-0.4, -0.2) is 64.5 Å². The lowest BCUT2D eigenvalue weighted by Gasteiger charge is -2.49. The predicted molar refractivity (Wildman–Crippen MR) is 96.2 cm³/mol. The molecule has 1 atom stereocenters. The summed E-state index contributed by atoms with van der Waals surface area (Å²) in [4.78, 5) is 22.1. The number of aromatic hydroxyl groups is 1. The monoisotopic (exact) mass is 389 g/mol. The number of sulfone groups is 1. The Hall–Kier alpha value is -2.68. The van der Waals surface area contributed by atoms with Gasteiger partial charge in [-0.3, -0.25) is 4.79 Å². The van der Waals surface area contributed by atoms with Gasteiger partial charge in [-0.05, 0) is 30.7 Å². The maximum Gasteiger partial charge on any atom is 0.316 e. The van der Waals surface area contributed by atoms with Gasteiger partial charge in [0.1, 0.15) is 10.5 Å². The van der Waals surface area contributed by atoms with E-state index in [1.54, 1.807) is 30.6 Å². The Kier molecular flexibility index (Phi) is 4.26. The topological polar surface area (TPSA) is 110 Å². The highest BCUT2D eigenvalue weighted by atomic mass is 32.2. The van der Waals surface area contributed by atoms with Crippen LogP contribution in [0.25, 0.3) is 0 Å². The van der Waals surface area contributed by atoms with E-state index in [2.05, 4.69) is 9.97 Å². The van der Waals surface area contributed by atoms with Crippen LogP contribution in [0.2, 0.25) is 0 Å². The summed E-state index contributed by atoms with van der Waals surface area (Å²) in [5.74, 6) is -0.423. The molecule has 1 amide bonds. The van der Waals surface area contributed by atoms with Crippen LogP contribution in [0.3, 0.4) is 0 Å². The molecule has 0 saturated carbocycles. The summed E-state index contributed by atoms with van der Waals surface area (Å²) >= 11 is 0. The highest BCUT2D eigenvalue weighted by molar-refractivity contribution is 7.93. The summed E-state index contributed by atoms with van der Waals surface area (Å²) in [6.07, 6.45) is 3.61. The number of carbonyl (C=O) groups is 1. The van der Waals surface area contributed by atoms with Crippen LogP contribution in [-0.2, 0) is 9.84 Å². The smallest absolute Gasteiger partial charge is 0.316 e. The van der Waals surface area contributed by atoms with Crippen LogP contribution in [0.5, 0.6) is 11.8 Å². The van der Waals surface area contributed by atoms with E-state index in [-0.39, 0.29) is 49.0 Å². The van der Waals surface area contributed by atoms with E-state index < -0.39 is 14.6 Å². The van der Waals surface area contributed by atoms with Gasteiger partial charge in [0.25, 0.3) is 5.91 Å². The first-order valence-corrected chi connectivity index (χ1v) is 10.3. The Morgan fingerprint density at radius 3 is 2.70 bits per heavy atom. The fraction of sp³-hybridized carbons (Fsp3) is 0.389. The number of amides is 1. The molecule has 3 heterocycles. The number of phenols is 1. The Bertz CT molecular complexity index is 958. The van der Waals surface area contributed by atoms with Crippen molar-refractivity contribution in [2.75, 3.05) is 25.4 Å². The van der Waals surface area contributed by atoms with Gasteiger partial charge in [-0.1, -0.05) is 6.07 Å². The predicted octanol–water partition coefficient (Wildman–Crippen LogP) is 0.890. The molecule has 1 spiro atoms. The lowest BCUT2D eigenvalue weighted by Crippen LogP contribution is -2.68. The number of hydrogen-bond acceptors (Lipinski definition) is 7. The minimum atomic E-state index is -3.32. The molecular weight excluding hydrogens is 370 g/mol. The zero-order valence-corrected chi connectivity index (χ0v) is 15.3. The number of ether oxygens (including phenoxy) is 1. The Morgan fingerprint density at radius 2 is 2.00 bits per heavy atom. The molecule has 0 radical (unpaired) electrons. The summed E-state index contributed by atoms with van der Waals surface area (Å²) in [6.45, 7) is 0.457. The summed E-state index contributed by atoms with van der Waals surface area (Å²) in [7, 11) is -3.32. The maximum atomic E-state index is 12.7. The number of likely N-dealkylation sites (tertiary alicyclic amines) is 1. The van der Waals surface area contributed by atoms with Gasteiger partial charge in [-0.2, -0.15) is 0 Å². The number of phenolic OH excluding ortho intramolecular Hbond substituents is 1. The normalized spacial score (nSPS) is 22.4. The second kappa shape index (κ2) is 6.49. The van der Waals surface area contributed by atoms with Crippen molar-refractivity contribution in [3.63, 3.8) is 0 Å². The van der Waals surface area contributed by atoms with E-state index in [4.69, 9.17) is 4.74 Å². The van der Waals surface area contributed by atoms with E-state index in [1.807, 2.05) is 0 Å². The molecule has 2 saturated heterocycles. The number of carbonyl (C=O) groups excluding carboxylic acids is 1. The zero-order chi connectivity index (χ0) is 19.1. The minimum absolute atomic E-state index is 0.00119. The van der Waals surface area contributed by atoms with Crippen LogP contribution in [0.1, 0.15) is 16.8 Å². The first kappa shape index (κ1) is 17.7. The molecule has 8 nitrogen and oxygen atoms in total. The summed E-state index contributed by atoms with van der Waals surface area (Å²) in [5, 5.41) is 9.55. The van der Waals surface area contributed by atoms with Gasteiger partial charge in [0, 0.05) is 37.0 Å². The first-order valence-electron chi connectivity index (χ1n) is 8.62. The van der Waals surface area contributed by atoms with Crippen molar-refractivity contribution in [2.24, 2.45) is 5.92 Å². The second-order valence-electron chi connectivity index (χ2n) is 6.92. The lowest BCUT2D eigenvalue weighted by molar-refractivity contribution is 0.0403. The maximum absolute atomic E-state index is 12.7. The van der Waals surface area contributed by atoms with Gasteiger partial charge in [-0.25, -0.2) is 18.4 Å². The molecular formula is C18H19N3O5S. The van der Waals surface area contributed by atoms with Gasteiger partial charge >= 0.3 is 6.01 Å². The SMILES string of the molecule is O=C(c1cccc(O)c1)N1CC2(C1)[C@@H](COc1ncccn1)CCS2(=O)=O. The fourth-order valence-corrected chi connectivity index (χ4v) is 6.21. The minimum Gasteiger partial charge on any atom is -0.508 e. The number of benzene rings is 1. The molecule has 0 unspecified atom stereocenters. The highest BCUT2D eigenvalue weighted by Gasteiger charge is 2.62. The standard InChI is InChI=1S/C18H19N3O5S/c22-15-4-1-3-13(9-15)16(23)21-11-18(12-21)14(5-8-27(18,24)25)10-26-17-19-6-2-7-20-17/h1-4,6-7,9,14,22H,5,8,10-12H2/t14-/m1/s1. The molecule has 0 bridgehead atoms. The van der Waals surface area contributed by atoms with Crippen molar-refractivity contribution in [3.8, 4) is 11.8 Å². The van der Waals surface area contributed by atoms with Crippen molar-refractivity contribution in [3.05, 3.63) is 48.3 Å². The van der Waals surface area contributed by atoms with Gasteiger partial charge < -0.3 is 14.7 Å². The molecule has 1 N–H and O–H groups in total. The Morgan fingerprint density at radius 1 is 1.26 bits per heavy atom. The molecule has 0 aliphatic carbocycles. The Balaban J connectivity index is 1.48. The van der Waals surface area contributed by atoms with E-state index in [9.17, 15) is 18.3 Å². The van der Waals surface area contributed by atoms with E-state index in [0.717, 1.165) is 0 Å². The third-order valence-electron chi connectivity index (χ3n) is 5.35. The average Bonchev–Trinajstić information content (AvgIpc) is 2.89. The third kappa shape index (κ3) is 3.01. The quantitative estimate of drug-likeness (QED) is 0.827. The van der Waals surface area contributed by atoms with Crippen molar-refractivity contribution in [1.82, 2.24) is 14.9 Å². The molecule has 1 aromatic heterocycles. The van der Waals surface area contributed by atoms with E-state index in [1.165, 1.54) is 17.0 Å². The van der Waals surface area contributed by atoms with Gasteiger partial charge in [0.05, 0.1) is 12.4 Å². The van der Waals surface area contributed by atoms with Crippen LogP contribution >= 0.6 is 0 Å². The van der Waals surface area contributed by atoms with E-state index >= 15 is 0 Å². The second-order valence-corrected chi connectivity index (χ2v) is 9.37. The third-order valence-corrected chi connectivity index (χ3v) is 7.95. The van der Waals surface area contributed by atoms with Crippen LogP contribution in [0.4, 0.5) is 0 Å². The van der Waals surface area contributed by atoms with Gasteiger partial charge in [0.2, 0.25) is 0 Å². The molecule has 2 aliphatic rings. The van der Waals surface area contributed by atoms with Crippen LogP contribution in [0, 0.1) is 5.92 Å². The fourth-order valence-electron chi connectivity index (χ4n) is 3.81. The van der Waals surface area contributed by atoms with Crippen LogP contribution < -0.4 is 4.74 Å². The molecule has 9 heteroatoms. The number of rotatable bonds is 4. The average molecular weight is 389 g/mol. The Labute approximate surface area is 156 Å². The largest absolute Gasteiger partial charge is 0.508 e. The molecule has 27 heavy (non-hydrogen) atoms. The van der Waals surface area contributed by atoms with Gasteiger partial charge in [0.15, 0.2) is 9.84 Å². The number of aromatic nitrogens is 2. The molecule has 2 aliphatic heterocycles. The molecule has 142 valence electrons. The van der Waals surface area contributed by atoms with E-state index in [0.29, 0.717) is 12.0 Å². The lowest BCUT2D eigenvalue weighted by atomic mass is 9.83. The first-order chi connectivity index (χ1) is 12.9. The summed E-state index contributed by atoms with van der Waals surface area (Å²) < 4.78 is 30.0. The van der Waals surface area contributed by atoms with Crippen molar-refractivity contribution >= 4 is 15.7 Å². The zero-order valence-electron chi connectivity index (χ0n) is 14.5. The molecule has 4 rings (SSSR count). The summed E-state index contributed by atoms with van der Waals surface area (Å²) in [6, 6.07) is 7.93. The van der Waals surface area contributed by atoms with Crippen molar-refractivity contribution in [2.45, 2.75) is 11.2 Å². The van der Waals surface area contributed by atoms with Crippen molar-refractivity contribution in [1.29, 1.82) is 0 Å². The molecule has 2 fully saturated rings. The van der Waals surface area contributed by atoms with Crippen LogP contribution in [0.15, 0.2) is 42.7 Å². The number of hydrogen-bond donors (Lipinski definition) is 1. The van der Waals surface area contributed by atoms with Gasteiger partial charge in [-0.15, -0.1) is 0 Å². The number of nitrogens with zero attached hydrogens (tertiary/aromatic N) is 3. The molecule has 1 aromatic carbocycles. The summed E-state index contributed by atoms with van der Waals surface area (Å²) in [5.41, 5.74) is 0.339. The van der Waals surface area contributed by atoms with Crippen molar-refractivity contribution < 1.29 is 23.1 Å².